The SMILES string of the molecule is CC(C)C1(CNC(=O)NCC2CCCC2C(=O)O)CC1. The molecule has 0 aromatic heterocycles. The molecule has 0 aliphatic heterocycles. The average Bonchev–Trinajstić information content (AvgIpc) is 3.04. The lowest BCUT2D eigenvalue weighted by Gasteiger charge is -2.21. The Bertz CT molecular complexity index is 377. The highest BCUT2D eigenvalue weighted by atomic mass is 16.4. The Balaban J connectivity index is 1.69. The first-order valence-corrected chi connectivity index (χ1v) is 7.69. The number of urea groups is 1. The first-order valence-electron chi connectivity index (χ1n) is 7.69. The summed E-state index contributed by atoms with van der Waals surface area (Å²) in [5.41, 5.74) is 0.300. The molecule has 2 aliphatic rings. The number of hydrogen-bond acceptors (Lipinski definition) is 2. The Morgan fingerprint density at radius 3 is 2.50 bits per heavy atom. The van der Waals surface area contributed by atoms with Gasteiger partial charge in [-0.3, -0.25) is 4.79 Å². The van der Waals surface area contributed by atoms with Crippen molar-refractivity contribution in [2.24, 2.45) is 23.2 Å². The van der Waals surface area contributed by atoms with Gasteiger partial charge in [0.25, 0.3) is 0 Å². The Hall–Kier alpha value is -1.26. The molecule has 2 fully saturated rings. The summed E-state index contributed by atoms with van der Waals surface area (Å²) in [5.74, 6) is -0.348. The van der Waals surface area contributed by atoms with Gasteiger partial charge in [-0.1, -0.05) is 20.3 Å². The number of carboxylic acid groups (broad SMARTS) is 1. The summed E-state index contributed by atoms with van der Waals surface area (Å²) in [5, 5.41) is 14.9. The second-order valence-corrected chi connectivity index (χ2v) is 6.72. The third-order valence-electron chi connectivity index (χ3n) is 5.22. The smallest absolute Gasteiger partial charge is 0.314 e. The van der Waals surface area contributed by atoms with Crippen LogP contribution in [0.1, 0.15) is 46.0 Å². The van der Waals surface area contributed by atoms with Crippen molar-refractivity contribution in [3.05, 3.63) is 0 Å². The van der Waals surface area contributed by atoms with E-state index in [1.165, 1.54) is 12.8 Å². The van der Waals surface area contributed by atoms with Crippen LogP contribution in [-0.2, 0) is 4.79 Å². The average molecular weight is 282 g/mol. The minimum absolute atomic E-state index is 0.0817. The second-order valence-electron chi connectivity index (χ2n) is 6.72. The molecule has 0 bridgehead atoms. The number of rotatable bonds is 6. The van der Waals surface area contributed by atoms with Crippen molar-refractivity contribution in [2.45, 2.75) is 46.0 Å². The number of carboxylic acids is 1. The predicted molar refractivity (Wildman–Crippen MR) is 76.4 cm³/mol. The van der Waals surface area contributed by atoms with Crippen LogP contribution in [0.4, 0.5) is 4.79 Å². The summed E-state index contributed by atoms with van der Waals surface area (Å²) in [7, 11) is 0. The molecule has 0 heterocycles. The molecule has 2 amide bonds. The van der Waals surface area contributed by atoms with E-state index in [1.54, 1.807) is 0 Å². The van der Waals surface area contributed by atoms with Crippen LogP contribution >= 0.6 is 0 Å². The predicted octanol–water partition coefficient (Wildman–Crippen LogP) is 2.22. The Kier molecular flexibility index (Phi) is 4.55. The summed E-state index contributed by atoms with van der Waals surface area (Å²) < 4.78 is 0. The number of carbonyl (C=O) groups excluding carboxylic acids is 1. The standard InChI is InChI=1S/C15H26N2O3/c1-10(2)15(6-7-15)9-17-14(20)16-8-11-4-3-5-12(11)13(18)19/h10-12H,3-9H2,1-2H3,(H,18,19)(H2,16,17,20). The van der Waals surface area contributed by atoms with E-state index in [0.717, 1.165) is 25.8 Å². The zero-order valence-electron chi connectivity index (χ0n) is 12.4. The van der Waals surface area contributed by atoms with Gasteiger partial charge < -0.3 is 15.7 Å². The van der Waals surface area contributed by atoms with Gasteiger partial charge in [0.15, 0.2) is 0 Å². The lowest BCUT2D eigenvalue weighted by atomic mass is 9.92. The minimum Gasteiger partial charge on any atom is -0.481 e. The fourth-order valence-electron chi connectivity index (χ4n) is 3.27. The highest BCUT2D eigenvalue weighted by molar-refractivity contribution is 5.74. The van der Waals surface area contributed by atoms with Crippen molar-refractivity contribution < 1.29 is 14.7 Å². The summed E-state index contributed by atoms with van der Waals surface area (Å²) in [6.07, 6.45) is 4.96. The van der Waals surface area contributed by atoms with E-state index < -0.39 is 5.97 Å². The maximum absolute atomic E-state index is 11.8. The topological polar surface area (TPSA) is 78.4 Å². The molecule has 5 heteroatoms. The van der Waals surface area contributed by atoms with E-state index in [1.807, 2.05) is 0 Å². The van der Waals surface area contributed by atoms with E-state index in [2.05, 4.69) is 24.5 Å². The molecule has 0 aromatic carbocycles. The number of aliphatic carboxylic acids is 1. The molecule has 0 spiro atoms. The third kappa shape index (κ3) is 3.44. The first-order chi connectivity index (χ1) is 9.44. The first kappa shape index (κ1) is 15.1. The molecular formula is C15H26N2O3. The van der Waals surface area contributed by atoms with Crippen LogP contribution in [0.3, 0.4) is 0 Å². The van der Waals surface area contributed by atoms with Crippen LogP contribution in [0, 0.1) is 23.2 Å². The normalized spacial score (nSPS) is 27.4. The summed E-state index contributed by atoms with van der Waals surface area (Å²) in [6.45, 7) is 5.59. The quantitative estimate of drug-likeness (QED) is 0.699. The molecule has 5 nitrogen and oxygen atoms in total. The van der Waals surface area contributed by atoms with Gasteiger partial charge in [0.2, 0.25) is 0 Å². The van der Waals surface area contributed by atoms with Crippen LogP contribution in [0.25, 0.3) is 0 Å². The van der Waals surface area contributed by atoms with Gasteiger partial charge in [-0.05, 0) is 42.9 Å². The van der Waals surface area contributed by atoms with Gasteiger partial charge in [0, 0.05) is 13.1 Å². The maximum atomic E-state index is 11.8. The van der Waals surface area contributed by atoms with Gasteiger partial charge in [-0.15, -0.1) is 0 Å². The lowest BCUT2D eigenvalue weighted by Crippen LogP contribution is -2.42. The monoisotopic (exact) mass is 282 g/mol. The number of hydrogen-bond donors (Lipinski definition) is 3. The highest BCUT2D eigenvalue weighted by Gasteiger charge is 2.45. The van der Waals surface area contributed by atoms with Crippen molar-refractivity contribution >= 4 is 12.0 Å². The van der Waals surface area contributed by atoms with Crippen molar-refractivity contribution in [3.63, 3.8) is 0 Å². The molecule has 2 rings (SSSR count). The van der Waals surface area contributed by atoms with E-state index in [-0.39, 0.29) is 17.9 Å². The lowest BCUT2D eigenvalue weighted by molar-refractivity contribution is -0.142. The fourth-order valence-corrected chi connectivity index (χ4v) is 3.27. The maximum Gasteiger partial charge on any atom is 0.314 e. The number of carbonyl (C=O) groups is 2. The highest BCUT2D eigenvalue weighted by Crippen LogP contribution is 2.51. The molecule has 0 aromatic rings. The van der Waals surface area contributed by atoms with Gasteiger partial charge in [0.1, 0.15) is 0 Å². The molecule has 2 saturated carbocycles. The van der Waals surface area contributed by atoms with E-state index in [9.17, 15) is 9.59 Å². The molecule has 20 heavy (non-hydrogen) atoms. The van der Waals surface area contributed by atoms with Crippen molar-refractivity contribution in [1.29, 1.82) is 0 Å². The number of nitrogens with one attached hydrogen (secondary N) is 2. The third-order valence-corrected chi connectivity index (χ3v) is 5.22. The zero-order valence-corrected chi connectivity index (χ0v) is 12.4. The molecule has 0 radical (unpaired) electrons. The van der Waals surface area contributed by atoms with Crippen molar-refractivity contribution in [1.82, 2.24) is 10.6 Å². The van der Waals surface area contributed by atoms with Crippen LogP contribution in [0.15, 0.2) is 0 Å². The van der Waals surface area contributed by atoms with Gasteiger partial charge in [-0.25, -0.2) is 4.79 Å². The largest absolute Gasteiger partial charge is 0.481 e. The van der Waals surface area contributed by atoms with Crippen LogP contribution < -0.4 is 10.6 Å². The Morgan fingerprint density at radius 1 is 1.25 bits per heavy atom. The van der Waals surface area contributed by atoms with E-state index >= 15 is 0 Å². The van der Waals surface area contributed by atoms with E-state index in [4.69, 9.17) is 5.11 Å². The molecule has 0 saturated heterocycles. The van der Waals surface area contributed by atoms with E-state index in [0.29, 0.717) is 17.9 Å². The molecule has 2 aliphatic carbocycles. The van der Waals surface area contributed by atoms with Gasteiger partial charge >= 0.3 is 12.0 Å². The van der Waals surface area contributed by atoms with Crippen LogP contribution in [0.5, 0.6) is 0 Å². The second kappa shape index (κ2) is 6.02. The summed E-state index contributed by atoms with van der Waals surface area (Å²) >= 11 is 0. The van der Waals surface area contributed by atoms with Gasteiger partial charge in [0.05, 0.1) is 5.92 Å². The van der Waals surface area contributed by atoms with Crippen LogP contribution in [-0.4, -0.2) is 30.2 Å². The van der Waals surface area contributed by atoms with Crippen molar-refractivity contribution in [2.75, 3.05) is 13.1 Å². The zero-order chi connectivity index (χ0) is 14.8. The molecular weight excluding hydrogens is 256 g/mol. The number of amides is 2. The Morgan fingerprint density at radius 2 is 1.95 bits per heavy atom. The molecule has 2 unspecified atom stereocenters. The van der Waals surface area contributed by atoms with Gasteiger partial charge in [-0.2, -0.15) is 0 Å². The Labute approximate surface area is 120 Å². The fraction of sp³-hybridized carbons (Fsp3) is 0.867. The van der Waals surface area contributed by atoms with Crippen molar-refractivity contribution in [3.8, 4) is 0 Å². The molecule has 2 atom stereocenters. The molecule has 114 valence electrons. The molecule has 3 N–H and O–H groups in total. The summed E-state index contributed by atoms with van der Waals surface area (Å²) in [4.78, 5) is 22.9. The van der Waals surface area contributed by atoms with Crippen LogP contribution in [0.2, 0.25) is 0 Å². The summed E-state index contributed by atoms with van der Waals surface area (Å²) in [6, 6.07) is -0.159. The minimum atomic E-state index is -0.730.